The van der Waals surface area contributed by atoms with E-state index in [0.717, 1.165) is 0 Å². The van der Waals surface area contributed by atoms with E-state index in [1.165, 1.54) is 0 Å². The van der Waals surface area contributed by atoms with Crippen LogP contribution in [0.2, 0.25) is 0 Å². The van der Waals surface area contributed by atoms with Crippen LogP contribution in [-0.2, 0) is 9.59 Å². The SMILES string of the molecule is CC(O)CCN(C)C(=O)C1CCC(C(=O)O)C1. The summed E-state index contributed by atoms with van der Waals surface area (Å²) in [5.74, 6) is -1.31. The highest BCUT2D eigenvalue weighted by Crippen LogP contribution is 2.32. The molecule has 98 valence electrons. The number of hydrogen-bond acceptors (Lipinski definition) is 3. The lowest BCUT2D eigenvalue weighted by atomic mass is 10.0. The molecule has 5 heteroatoms. The van der Waals surface area contributed by atoms with Crippen molar-refractivity contribution in [2.24, 2.45) is 11.8 Å². The first-order valence-electron chi connectivity index (χ1n) is 6.07. The summed E-state index contributed by atoms with van der Waals surface area (Å²) in [5, 5.41) is 18.0. The average Bonchev–Trinajstić information content (AvgIpc) is 2.73. The zero-order valence-corrected chi connectivity index (χ0v) is 10.4. The van der Waals surface area contributed by atoms with Gasteiger partial charge in [0.15, 0.2) is 0 Å². The average molecular weight is 243 g/mol. The molecule has 0 heterocycles. The van der Waals surface area contributed by atoms with Crippen molar-refractivity contribution in [3.63, 3.8) is 0 Å². The van der Waals surface area contributed by atoms with Crippen LogP contribution in [0, 0.1) is 11.8 Å². The molecule has 3 unspecified atom stereocenters. The van der Waals surface area contributed by atoms with Gasteiger partial charge in [-0.05, 0) is 32.6 Å². The Morgan fingerprint density at radius 3 is 2.41 bits per heavy atom. The second kappa shape index (κ2) is 6.00. The fraction of sp³-hybridized carbons (Fsp3) is 0.833. The molecule has 0 aromatic carbocycles. The quantitative estimate of drug-likeness (QED) is 0.745. The lowest BCUT2D eigenvalue weighted by molar-refractivity contribution is -0.141. The predicted octanol–water partition coefficient (Wildman–Crippen LogP) is 0.717. The van der Waals surface area contributed by atoms with Gasteiger partial charge >= 0.3 is 5.97 Å². The summed E-state index contributed by atoms with van der Waals surface area (Å²) in [6.45, 7) is 2.21. The Morgan fingerprint density at radius 2 is 1.94 bits per heavy atom. The first kappa shape index (κ1) is 14.0. The van der Waals surface area contributed by atoms with E-state index in [9.17, 15) is 9.59 Å². The number of hydrogen-bond donors (Lipinski definition) is 2. The van der Waals surface area contributed by atoms with Crippen LogP contribution in [0.1, 0.15) is 32.6 Å². The van der Waals surface area contributed by atoms with Gasteiger partial charge in [0, 0.05) is 19.5 Å². The molecule has 0 aromatic rings. The number of carboxylic acids is 1. The topological polar surface area (TPSA) is 77.8 Å². The number of amides is 1. The number of carbonyl (C=O) groups excluding carboxylic acids is 1. The van der Waals surface area contributed by atoms with Crippen molar-refractivity contribution < 1.29 is 19.8 Å². The Labute approximate surface area is 101 Å². The van der Waals surface area contributed by atoms with Crippen LogP contribution in [0.5, 0.6) is 0 Å². The maximum absolute atomic E-state index is 12.0. The Bertz CT molecular complexity index is 290. The van der Waals surface area contributed by atoms with Gasteiger partial charge in [-0.25, -0.2) is 0 Å². The van der Waals surface area contributed by atoms with Crippen molar-refractivity contribution in [3.8, 4) is 0 Å². The van der Waals surface area contributed by atoms with Gasteiger partial charge in [0.2, 0.25) is 5.91 Å². The molecule has 0 aromatic heterocycles. The van der Waals surface area contributed by atoms with Crippen molar-refractivity contribution in [3.05, 3.63) is 0 Å². The van der Waals surface area contributed by atoms with Crippen molar-refractivity contribution >= 4 is 11.9 Å². The van der Waals surface area contributed by atoms with Gasteiger partial charge in [-0.1, -0.05) is 0 Å². The molecule has 5 nitrogen and oxygen atoms in total. The zero-order valence-electron chi connectivity index (χ0n) is 10.4. The number of aliphatic hydroxyl groups is 1. The second-order valence-electron chi connectivity index (χ2n) is 4.94. The van der Waals surface area contributed by atoms with E-state index in [1.807, 2.05) is 0 Å². The minimum Gasteiger partial charge on any atom is -0.481 e. The summed E-state index contributed by atoms with van der Waals surface area (Å²) in [6.07, 6.45) is 1.84. The number of aliphatic carboxylic acids is 1. The molecular formula is C12H21NO4. The molecule has 0 saturated heterocycles. The minimum absolute atomic E-state index is 0.00870. The first-order valence-corrected chi connectivity index (χ1v) is 6.07. The highest BCUT2D eigenvalue weighted by Gasteiger charge is 2.34. The van der Waals surface area contributed by atoms with Crippen LogP contribution < -0.4 is 0 Å². The van der Waals surface area contributed by atoms with Gasteiger partial charge in [0.1, 0.15) is 0 Å². The molecule has 0 bridgehead atoms. The summed E-state index contributed by atoms with van der Waals surface area (Å²) in [7, 11) is 1.71. The molecular weight excluding hydrogens is 222 g/mol. The van der Waals surface area contributed by atoms with Gasteiger partial charge < -0.3 is 15.1 Å². The third-order valence-corrected chi connectivity index (χ3v) is 3.39. The third-order valence-electron chi connectivity index (χ3n) is 3.39. The molecule has 1 saturated carbocycles. The lowest BCUT2D eigenvalue weighted by Crippen LogP contribution is -2.34. The monoisotopic (exact) mass is 243 g/mol. The molecule has 3 atom stereocenters. The molecule has 0 radical (unpaired) electrons. The van der Waals surface area contributed by atoms with Crippen LogP contribution in [0.3, 0.4) is 0 Å². The Kier molecular flexibility index (Phi) is 4.93. The molecule has 1 aliphatic carbocycles. The van der Waals surface area contributed by atoms with Crippen LogP contribution >= 0.6 is 0 Å². The summed E-state index contributed by atoms with van der Waals surface area (Å²) in [4.78, 5) is 24.4. The summed E-state index contributed by atoms with van der Waals surface area (Å²) >= 11 is 0. The Hall–Kier alpha value is -1.10. The van der Waals surface area contributed by atoms with Gasteiger partial charge in [-0.2, -0.15) is 0 Å². The number of nitrogens with zero attached hydrogens (tertiary/aromatic N) is 1. The van der Waals surface area contributed by atoms with Crippen LogP contribution in [-0.4, -0.2) is 46.7 Å². The summed E-state index contributed by atoms with van der Waals surface area (Å²) in [6, 6.07) is 0. The number of carboxylic acid groups (broad SMARTS) is 1. The van der Waals surface area contributed by atoms with E-state index in [2.05, 4.69) is 0 Å². The molecule has 2 N–H and O–H groups in total. The Balaban J connectivity index is 2.40. The fourth-order valence-electron chi connectivity index (χ4n) is 2.23. The molecule has 1 fully saturated rings. The molecule has 0 aliphatic heterocycles. The summed E-state index contributed by atoms with van der Waals surface area (Å²) < 4.78 is 0. The predicted molar refractivity (Wildman–Crippen MR) is 62.4 cm³/mol. The number of rotatable bonds is 5. The third kappa shape index (κ3) is 4.00. The van der Waals surface area contributed by atoms with Gasteiger partial charge in [-0.3, -0.25) is 9.59 Å². The van der Waals surface area contributed by atoms with Crippen molar-refractivity contribution in [1.82, 2.24) is 4.90 Å². The maximum atomic E-state index is 12.0. The lowest BCUT2D eigenvalue weighted by Gasteiger charge is -2.21. The summed E-state index contributed by atoms with van der Waals surface area (Å²) in [5.41, 5.74) is 0. The van der Waals surface area contributed by atoms with E-state index in [0.29, 0.717) is 32.2 Å². The van der Waals surface area contributed by atoms with E-state index in [-0.39, 0.29) is 17.7 Å². The smallest absolute Gasteiger partial charge is 0.306 e. The normalized spacial score (nSPS) is 25.6. The standard InChI is InChI=1S/C12H21NO4/c1-8(14)5-6-13(2)11(15)9-3-4-10(7-9)12(16)17/h8-10,14H,3-7H2,1-2H3,(H,16,17). The molecule has 1 rings (SSSR count). The molecule has 17 heavy (non-hydrogen) atoms. The largest absolute Gasteiger partial charge is 0.481 e. The van der Waals surface area contributed by atoms with E-state index in [1.54, 1.807) is 18.9 Å². The van der Waals surface area contributed by atoms with Crippen molar-refractivity contribution in [1.29, 1.82) is 0 Å². The van der Waals surface area contributed by atoms with E-state index >= 15 is 0 Å². The zero-order chi connectivity index (χ0) is 13.0. The van der Waals surface area contributed by atoms with Crippen molar-refractivity contribution in [2.75, 3.05) is 13.6 Å². The maximum Gasteiger partial charge on any atom is 0.306 e. The highest BCUT2D eigenvalue weighted by atomic mass is 16.4. The van der Waals surface area contributed by atoms with Gasteiger partial charge in [-0.15, -0.1) is 0 Å². The van der Waals surface area contributed by atoms with Gasteiger partial charge in [0.05, 0.1) is 12.0 Å². The van der Waals surface area contributed by atoms with Crippen molar-refractivity contribution in [2.45, 2.75) is 38.7 Å². The minimum atomic E-state index is -0.799. The fourth-order valence-corrected chi connectivity index (χ4v) is 2.23. The van der Waals surface area contributed by atoms with E-state index in [4.69, 9.17) is 10.2 Å². The number of aliphatic hydroxyl groups excluding tert-OH is 1. The molecule has 1 amide bonds. The second-order valence-corrected chi connectivity index (χ2v) is 4.94. The first-order chi connectivity index (χ1) is 7.91. The molecule has 0 spiro atoms. The highest BCUT2D eigenvalue weighted by molar-refractivity contribution is 5.80. The number of carbonyl (C=O) groups is 2. The van der Waals surface area contributed by atoms with Gasteiger partial charge in [0.25, 0.3) is 0 Å². The van der Waals surface area contributed by atoms with Crippen LogP contribution in [0.15, 0.2) is 0 Å². The van der Waals surface area contributed by atoms with Crippen LogP contribution in [0.4, 0.5) is 0 Å². The Morgan fingerprint density at radius 1 is 1.35 bits per heavy atom. The molecule has 1 aliphatic rings. The van der Waals surface area contributed by atoms with Crippen LogP contribution in [0.25, 0.3) is 0 Å². The van der Waals surface area contributed by atoms with E-state index < -0.39 is 12.1 Å².